The molecule has 1 fully saturated rings. The highest BCUT2D eigenvalue weighted by Crippen LogP contribution is 2.48. The Labute approximate surface area is 143 Å². The first-order valence-corrected chi connectivity index (χ1v) is 8.84. The van der Waals surface area contributed by atoms with Crippen molar-refractivity contribution in [3.8, 4) is 0 Å². The molecule has 0 radical (unpaired) electrons. The van der Waals surface area contributed by atoms with E-state index in [4.69, 9.17) is 0 Å². The van der Waals surface area contributed by atoms with Gasteiger partial charge in [-0.3, -0.25) is 25.2 Å². The van der Waals surface area contributed by atoms with Gasteiger partial charge in [0.15, 0.2) is 0 Å². The second kappa shape index (κ2) is 6.39. The van der Waals surface area contributed by atoms with E-state index in [9.17, 15) is 19.5 Å². The van der Waals surface area contributed by atoms with Gasteiger partial charge in [-0.1, -0.05) is 19.1 Å². The van der Waals surface area contributed by atoms with E-state index in [1.807, 2.05) is 26.0 Å². The Bertz CT molecular complexity index is 724. The maximum atomic E-state index is 12.4. The van der Waals surface area contributed by atoms with E-state index in [-0.39, 0.29) is 17.7 Å². The normalized spacial score (nSPS) is 27.2. The molecule has 0 aliphatic heterocycles. The molecule has 3 rings (SSSR count). The number of hydrogen-bond acceptors (Lipinski definition) is 4. The van der Waals surface area contributed by atoms with Gasteiger partial charge >= 0.3 is 5.97 Å². The van der Waals surface area contributed by atoms with Crippen LogP contribution in [0, 0.1) is 30.6 Å². The minimum atomic E-state index is -0.959. The Morgan fingerprint density at radius 2 is 1.88 bits per heavy atom. The molecule has 2 bridgehead atoms. The number of rotatable bonds is 4. The van der Waals surface area contributed by atoms with Gasteiger partial charge in [0.25, 0.3) is 5.91 Å². The second-order valence-corrected chi connectivity index (χ2v) is 7.49. The summed E-state index contributed by atoms with van der Waals surface area (Å²) in [5.74, 6) is -3.27. The average molecular weight is 348 g/mol. The fourth-order valence-electron chi connectivity index (χ4n) is 3.76. The maximum Gasteiger partial charge on any atom is 0.307 e. The van der Waals surface area contributed by atoms with Gasteiger partial charge < -0.3 is 5.11 Å². The summed E-state index contributed by atoms with van der Waals surface area (Å²) in [6.45, 7) is 3.97. The Hall–Kier alpha value is -2.15. The summed E-state index contributed by atoms with van der Waals surface area (Å²) >= 11 is 1.40. The van der Waals surface area contributed by atoms with Crippen LogP contribution < -0.4 is 10.9 Å². The quantitative estimate of drug-likeness (QED) is 0.572. The van der Waals surface area contributed by atoms with Crippen molar-refractivity contribution in [1.82, 2.24) is 10.9 Å². The summed E-state index contributed by atoms with van der Waals surface area (Å²) in [7, 11) is 0. The van der Waals surface area contributed by atoms with E-state index in [1.54, 1.807) is 6.07 Å². The van der Waals surface area contributed by atoms with Crippen molar-refractivity contribution in [2.24, 2.45) is 23.7 Å². The Balaban J connectivity index is 1.64. The summed E-state index contributed by atoms with van der Waals surface area (Å²) in [6, 6.07) is 1.80. The first-order chi connectivity index (χ1) is 11.4. The molecule has 0 spiro atoms. The standard InChI is InChI=1S/C17H20N2O4S/c1-3-11-8(2)6-12(24-11)15(20)18-19-16(21)13-9-4-5-10(7-9)14(13)17(22)23/h4-6,9-10,13-14H,3,7H2,1-2H3,(H,18,20)(H,19,21)(H,22,23)/t9-,10-,13+,14-/m0/s1. The smallest absolute Gasteiger partial charge is 0.307 e. The van der Waals surface area contributed by atoms with E-state index in [2.05, 4.69) is 10.9 Å². The molecule has 2 amide bonds. The third-order valence-corrected chi connectivity index (χ3v) is 6.29. The number of nitrogens with one attached hydrogen (secondary N) is 2. The molecule has 24 heavy (non-hydrogen) atoms. The molecule has 0 unspecified atom stereocenters. The molecule has 128 valence electrons. The summed E-state index contributed by atoms with van der Waals surface area (Å²) in [5.41, 5.74) is 5.88. The van der Waals surface area contributed by atoms with E-state index in [1.165, 1.54) is 11.3 Å². The van der Waals surface area contributed by atoms with Gasteiger partial charge in [-0.15, -0.1) is 11.3 Å². The van der Waals surface area contributed by atoms with Crippen molar-refractivity contribution >= 4 is 29.1 Å². The molecule has 4 atom stereocenters. The number of carboxylic acid groups (broad SMARTS) is 1. The van der Waals surface area contributed by atoms with Crippen molar-refractivity contribution < 1.29 is 19.5 Å². The highest BCUT2D eigenvalue weighted by molar-refractivity contribution is 7.14. The fourth-order valence-corrected chi connectivity index (χ4v) is 4.77. The molecule has 0 saturated heterocycles. The summed E-state index contributed by atoms with van der Waals surface area (Å²) in [5, 5.41) is 9.37. The zero-order valence-corrected chi connectivity index (χ0v) is 14.4. The monoisotopic (exact) mass is 348 g/mol. The molecule has 0 aromatic carbocycles. The number of hydrazine groups is 1. The van der Waals surface area contributed by atoms with Crippen LogP contribution in [0.1, 0.15) is 33.5 Å². The number of allylic oxidation sites excluding steroid dienone is 2. The molecule has 1 aromatic heterocycles. The number of fused-ring (bicyclic) bond motifs is 2. The minimum Gasteiger partial charge on any atom is -0.481 e. The predicted octanol–water partition coefficient (Wildman–Crippen LogP) is 1.90. The number of thiophene rings is 1. The number of aliphatic carboxylic acids is 1. The Morgan fingerprint density at radius 1 is 1.21 bits per heavy atom. The Morgan fingerprint density at radius 3 is 2.46 bits per heavy atom. The van der Waals surface area contributed by atoms with Crippen LogP contribution in [0.3, 0.4) is 0 Å². The van der Waals surface area contributed by atoms with Gasteiger partial charge in [0.1, 0.15) is 0 Å². The lowest BCUT2D eigenvalue weighted by molar-refractivity contribution is -0.148. The molecule has 6 nitrogen and oxygen atoms in total. The number of carboxylic acids is 1. The first-order valence-electron chi connectivity index (χ1n) is 8.03. The van der Waals surface area contributed by atoms with E-state index < -0.39 is 23.7 Å². The number of carbonyl (C=O) groups excluding carboxylic acids is 2. The van der Waals surface area contributed by atoms with Crippen molar-refractivity contribution in [2.75, 3.05) is 0 Å². The van der Waals surface area contributed by atoms with Crippen LogP contribution in [0.25, 0.3) is 0 Å². The minimum absolute atomic E-state index is 0.0660. The van der Waals surface area contributed by atoms with Gasteiger partial charge in [0.2, 0.25) is 5.91 Å². The molecular formula is C17H20N2O4S. The average Bonchev–Trinajstić information content (AvgIpc) is 3.25. The molecule has 7 heteroatoms. The molecular weight excluding hydrogens is 328 g/mol. The third kappa shape index (κ3) is 2.84. The zero-order chi connectivity index (χ0) is 17.4. The van der Waals surface area contributed by atoms with Crippen molar-refractivity contribution in [1.29, 1.82) is 0 Å². The van der Waals surface area contributed by atoms with Crippen LogP contribution in [-0.2, 0) is 16.0 Å². The van der Waals surface area contributed by atoms with Crippen molar-refractivity contribution in [3.05, 3.63) is 33.5 Å². The topological polar surface area (TPSA) is 95.5 Å². The summed E-state index contributed by atoms with van der Waals surface area (Å²) in [4.78, 5) is 37.7. The van der Waals surface area contributed by atoms with E-state index in [0.29, 0.717) is 11.3 Å². The molecule has 1 saturated carbocycles. The van der Waals surface area contributed by atoms with Crippen molar-refractivity contribution in [2.45, 2.75) is 26.7 Å². The predicted molar refractivity (Wildman–Crippen MR) is 89.4 cm³/mol. The van der Waals surface area contributed by atoms with Crippen LogP contribution in [0.5, 0.6) is 0 Å². The molecule has 3 N–H and O–H groups in total. The van der Waals surface area contributed by atoms with Crippen LogP contribution in [0.2, 0.25) is 0 Å². The van der Waals surface area contributed by atoms with Gasteiger partial charge in [-0.25, -0.2) is 0 Å². The lowest BCUT2D eigenvalue weighted by Gasteiger charge is -2.23. The lowest BCUT2D eigenvalue weighted by atomic mass is 9.82. The van der Waals surface area contributed by atoms with Crippen LogP contribution >= 0.6 is 11.3 Å². The van der Waals surface area contributed by atoms with Gasteiger partial charge in [0, 0.05) is 4.88 Å². The maximum absolute atomic E-state index is 12.4. The molecule has 2 aliphatic carbocycles. The van der Waals surface area contributed by atoms with Crippen LogP contribution in [0.15, 0.2) is 18.2 Å². The third-order valence-electron chi connectivity index (χ3n) is 4.91. The lowest BCUT2D eigenvalue weighted by Crippen LogP contribution is -2.48. The van der Waals surface area contributed by atoms with Crippen LogP contribution in [-0.4, -0.2) is 22.9 Å². The van der Waals surface area contributed by atoms with Gasteiger partial charge in [-0.2, -0.15) is 0 Å². The SMILES string of the molecule is CCc1sc(C(=O)NNC(=O)[C@H]2[C@@H](C(=O)O)[C@H]3C=C[C@H]2C3)cc1C. The molecule has 1 heterocycles. The van der Waals surface area contributed by atoms with Crippen molar-refractivity contribution in [3.63, 3.8) is 0 Å². The molecule has 2 aliphatic rings. The summed E-state index contributed by atoms with van der Waals surface area (Å²) in [6.07, 6.45) is 5.33. The van der Waals surface area contributed by atoms with E-state index >= 15 is 0 Å². The number of hydrogen-bond donors (Lipinski definition) is 3. The van der Waals surface area contributed by atoms with E-state index in [0.717, 1.165) is 16.9 Å². The number of carbonyl (C=O) groups is 3. The van der Waals surface area contributed by atoms with Crippen LogP contribution in [0.4, 0.5) is 0 Å². The number of amides is 2. The Kier molecular flexibility index (Phi) is 4.45. The highest BCUT2D eigenvalue weighted by Gasteiger charge is 2.51. The zero-order valence-electron chi connectivity index (χ0n) is 13.5. The second-order valence-electron chi connectivity index (χ2n) is 6.35. The highest BCUT2D eigenvalue weighted by atomic mass is 32.1. The fraction of sp³-hybridized carbons (Fsp3) is 0.471. The van der Waals surface area contributed by atoms with Gasteiger partial charge in [-0.05, 0) is 43.2 Å². The first kappa shape index (κ1) is 16.7. The largest absolute Gasteiger partial charge is 0.481 e. The summed E-state index contributed by atoms with van der Waals surface area (Å²) < 4.78 is 0. The van der Waals surface area contributed by atoms with Gasteiger partial charge in [0.05, 0.1) is 16.7 Å². The molecule has 1 aromatic rings. The number of aryl methyl sites for hydroxylation is 2.